The van der Waals surface area contributed by atoms with E-state index in [9.17, 15) is 4.79 Å². The first-order valence-electron chi connectivity index (χ1n) is 9.03. The van der Waals surface area contributed by atoms with Crippen LogP contribution in [0.25, 0.3) is 0 Å². The van der Waals surface area contributed by atoms with Crippen LogP contribution < -0.4 is 0 Å². The Morgan fingerprint density at radius 2 is 1.91 bits per heavy atom. The van der Waals surface area contributed by atoms with Gasteiger partial charge in [-0.15, -0.1) is 0 Å². The summed E-state index contributed by atoms with van der Waals surface area (Å²) in [6.07, 6.45) is 14.7. The second kappa shape index (κ2) is 12.5. The molecule has 0 radical (unpaired) electrons. The smallest absolute Gasteiger partial charge is 0.303 e. The summed E-state index contributed by atoms with van der Waals surface area (Å²) < 4.78 is 5.57. The molecule has 1 aliphatic heterocycles. The van der Waals surface area contributed by atoms with Gasteiger partial charge in [-0.05, 0) is 25.7 Å². The number of carbonyl (C=O) groups is 1. The Labute approximate surface area is 139 Å². The zero-order valence-electron chi connectivity index (χ0n) is 14.3. The van der Waals surface area contributed by atoms with E-state index in [1.807, 2.05) is 12.2 Å². The minimum absolute atomic E-state index is 0.00382. The van der Waals surface area contributed by atoms with Crippen LogP contribution in [-0.2, 0) is 14.4 Å². The molecule has 23 heavy (non-hydrogen) atoms. The van der Waals surface area contributed by atoms with Gasteiger partial charge in [0.25, 0.3) is 0 Å². The third-order valence-electron chi connectivity index (χ3n) is 4.25. The third kappa shape index (κ3) is 9.74. The highest BCUT2D eigenvalue weighted by atomic mass is 17.1. The molecule has 1 saturated heterocycles. The molecule has 0 amide bonds. The highest BCUT2D eigenvalue weighted by Crippen LogP contribution is 2.32. The van der Waals surface area contributed by atoms with Crippen LogP contribution in [0.3, 0.4) is 0 Å². The topological polar surface area (TPSA) is 79.3 Å². The van der Waals surface area contributed by atoms with E-state index in [0.717, 1.165) is 44.9 Å². The molecule has 0 aromatic rings. The molecule has 3 unspecified atom stereocenters. The van der Waals surface area contributed by atoms with E-state index in [2.05, 4.69) is 11.8 Å². The van der Waals surface area contributed by atoms with Crippen molar-refractivity contribution in [2.45, 2.75) is 95.9 Å². The molecule has 3 atom stereocenters. The van der Waals surface area contributed by atoms with Crippen LogP contribution in [0.5, 0.6) is 0 Å². The van der Waals surface area contributed by atoms with Gasteiger partial charge in [-0.25, -0.2) is 4.89 Å². The molecular formula is C18H32O5. The summed E-state index contributed by atoms with van der Waals surface area (Å²) in [5.41, 5.74) is 0. The Kier molecular flexibility index (Phi) is 10.9. The van der Waals surface area contributed by atoms with E-state index in [1.54, 1.807) is 0 Å². The van der Waals surface area contributed by atoms with Gasteiger partial charge in [0.1, 0.15) is 12.2 Å². The molecule has 0 spiro atoms. The molecule has 1 heterocycles. The summed E-state index contributed by atoms with van der Waals surface area (Å²) in [5, 5.41) is 17.5. The van der Waals surface area contributed by atoms with E-state index < -0.39 is 5.97 Å². The Morgan fingerprint density at radius 3 is 2.61 bits per heavy atom. The van der Waals surface area contributed by atoms with Crippen molar-refractivity contribution in [2.75, 3.05) is 0 Å². The number of allylic oxidation sites excluding steroid dienone is 1. The number of rotatable bonds is 15. The van der Waals surface area contributed by atoms with Crippen LogP contribution in [0.4, 0.5) is 0 Å². The van der Waals surface area contributed by atoms with Crippen molar-refractivity contribution in [3.05, 3.63) is 12.2 Å². The first kappa shape index (κ1) is 20.1. The molecule has 1 rings (SSSR count). The predicted octanol–water partition coefficient (Wildman–Crippen LogP) is 4.56. The number of ether oxygens (including phenoxy) is 1. The molecule has 0 aromatic heterocycles. The van der Waals surface area contributed by atoms with Crippen molar-refractivity contribution >= 4 is 5.97 Å². The molecule has 5 heteroatoms. The van der Waals surface area contributed by atoms with Crippen molar-refractivity contribution in [2.24, 2.45) is 0 Å². The number of hydrogen-bond acceptors (Lipinski definition) is 4. The Balaban J connectivity index is 2.01. The van der Waals surface area contributed by atoms with Gasteiger partial charge < -0.3 is 9.84 Å². The quantitative estimate of drug-likeness (QED) is 0.151. The fourth-order valence-electron chi connectivity index (χ4n) is 2.78. The highest BCUT2D eigenvalue weighted by Gasteiger charge is 2.44. The van der Waals surface area contributed by atoms with Crippen molar-refractivity contribution in [1.82, 2.24) is 0 Å². The lowest BCUT2D eigenvalue weighted by atomic mass is 10.1. The van der Waals surface area contributed by atoms with Crippen LogP contribution in [0.2, 0.25) is 0 Å². The van der Waals surface area contributed by atoms with Gasteiger partial charge in [0.15, 0.2) is 0 Å². The summed E-state index contributed by atoms with van der Waals surface area (Å²) in [7, 11) is 0. The van der Waals surface area contributed by atoms with Crippen LogP contribution in [0.15, 0.2) is 12.2 Å². The van der Waals surface area contributed by atoms with Crippen LogP contribution in [0, 0.1) is 0 Å². The Bertz CT molecular complexity index is 342. The fraction of sp³-hybridized carbons (Fsp3) is 0.833. The standard InChI is InChI=1S/C18H32O5/c1-2-3-9-12-15-18(22-15)16(23-21)13-10-7-5-4-6-8-11-14-17(19)20/h10,13,15-16,18,21H,2-9,11-12,14H2,1H3,(H,19,20). The van der Waals surface area contributed by atoms with Crippen molar-refractivity contribution in [1.29, 1.82) is 0 Å². The van der Waals surface area contributed by atoms with Gasteiger partial charge in [-0.1, -0.05) is 57.6 Å². The number of hydrogen-bond donors (Lipinski definition) is 2. The maximum absolute atomic E-state index is 10.4. The number of carboxylic acid groups (broad SMARTS) is 1. The predicted molar refractivity (Wildman–Crippen MR) is 89.4 cm³/mol. The normalized spacial score (nSPS) is 21.7. The van der Waals surface area contributed by atoms with E-state index in [4.69, 9.17) is 15.1 Å². The number of unbranched alkanes of at least 4 members (excludes halogenated alkanes) is 7. The molecule has 0 aromatic carbocycles. The molecule has 1 fully saturated rings. The minimum Gasteiger partial charge on any atom is -0.481 e. The lowest BCUT2D eigenvalue weighted by Crippen LogP contribution is -2.17. The van der Waals surface area contributed by atoms with Gasteiger partial charge in [-0.2, -0.15) is 0 Å². The fourth-order valence-corrected chi connectivity index (χ4v) is 2.78. The molecule has 134 valence electrons. The monoisotopic (exact) mass is 328 g/mol. The average Bonchev–Trinajstić information content (AvgIpc) is 3.28. The zero-order valence-corrected chi connectivity index (χ0v) is 14.3. The van der Waals surface area contributed by atoms with Gasteiger partial charge in [0.2, 0.25) is 0 Å². The molecular weight excluding hydrogens is 296 g/mol. The Morgan fingerprint density at radius 1 is 1.17 bits per heavy atom. The number of carboxylic acids is 1. The molecule has 0 aliphatic carbocycles. The SMILES string of the molecule is CCCCCC1OC1C(C=CCCCCCCCC(=O)O)OO. The summed E-state index contributed by atoms with van der Waals surface area (Å²) >= 11 is 0. The second-order valence-electron chi connectivity index (χ2n) is 6.33. The second-order valence-corrected chi connectivity index (χ2v) is 6.33. The molecule has 0 saturated carbocycles. The van der Waals surface area contributed by atoms with Gasteiger partial charge in [0.05, 0.1) is 6.10 Å². The molecule has 5 nitrogen and oxygen atoms in total. The lowest BCUT2D eigenvalue weighted by molar-refractivity contribution is -0.269. The van der Waals surface area contributed by atoms with E-state index in [1.165, 1.54) is 19.3 Å². The van der Waals surface area contributed by atoms with Crippen LogP contribution in [-0.4, -0.2) is 34.6 Å². The largest absolute Gasteiger partial charge is 0.481 e. The lowest BCUT2D eigenvalue weighted by Gasteiger charge is -2.05. The first-order valence-corrected chi connectivity index (χ1v) is 9.03. The molecule has 0 bridgehead atoms. The first-order chi connectivity index (χ1) is 11.2. The van der Waals surface area contributed by atoms with Crippen LogP contribution >= 0.6 is 0 Å². The average molecular weight is 328 g/mol. The van der Waals surface area contributed by atoms with Gasteiger partial charge in [0, 0.05) is 6.42 Å². The van der Waals surface area contributed by atoms with E-state index in [0.29, 0.717) is 0 Å². The third-order valence-corrected chi connectivity index (χ3v) is 4.25. The maximum Gasteiger partial charge on any atom is 0.303 e. The van der Waals surface area contributed by atoms with Crippen LogP contribution in [0.1, 0.15) is 77.6 Å². The van der Waals surface area contributed by atoms with E-state index in [-0.39, 0.29) is 24.7 Å². The van der Waals surface area contributed by atoms with Gasteiger partial charge >= 0.3 is 5.97 Å². The summed E-state index contributed by atoms with van der Waals surface area (Å²) in [6.45, 7) is 2.18. The number of aliphatic carboxylic acids is 1. The zero-order chi connectivity index (χ0) is 16.9. The van der Waals surface area contributed by atoms with Crippen molar-refractivity contribution < 1.29 is 24.8 Å². The van der Waals surface area contributed by atoms with Crippen molar-refractivity contribution in [3.63, 3.8) is 0 Å². The van der Waals surface area contributed by atoms with Crippen molar-refractivity contribution in [3.8, 4) is 0 Å². The number of epoxide rings is 1. The summed E-state index contributed by atoms with van der Waals surface area (Å²) in [6, 6.07) is 0. The highest BCUT2D eigenvalue weighted by molar-refractivity contribution is 5.66. The minimum atomic E-state index is -0.710. The van der Waals surface area contributed by atoms with Gasteiger partial charge in [-0.3, -0.25) is 10.1 Å². The summed E-state index contributed by atoms with van der Waals surface area (Å²) in [5.74, 6) is -0.710. The summed E-state index contributed by atoms with van der Waals surface area (Å²) in [4.78, 5) is 14.9. The van der Waals surface area contributed by atoms with E-state index >= 15 is 0 Å². The Hall–Kier alpha value is -0.910. The maximum atomic E-state index is 10.4. The molecule has 2 N–H and O–H groups in total. The molecule has 1 aliphatic rings.